The normalized spacial score (nSPS) is 19.8. The number of pyridine rings is 1. The van der Waals surface area contributed by atoms with Gasteiger partial charge in [-0.25, -0.2) is 9.78 Å². The molecule has 1 unspecified atom stereocenters. The summed E-state index contributed by atoms with van der Waals surface area (Å²) in [6, 6.07) is 4.32. The van der Waals surface area contributed by atoms with Crippen molar-refractivity contribution < 1.29 is 9.53 Å². The van der Waals surface area contributed by atoms with E-state index < -0.39 is 0 Å². The van der Waals surface area contributed by atoms with Crippen LogP contribution in [-0.2, 0) is 17.8 Å². The van der Waals surface area contributed by atoms with Gasteiger partial charge in [-0.1, -0.05) is 0 Å². The highest BCUT2D eigenvalue weighted by atomic mass is 16.5. The Balaban J connectivity index is 1.84. The molecule has 2 aliphatic rings. The van der Waals surface area contributed by atoms with Crippen LogP contribution in [0, 0.1) is 11.3 Å². The molecule has 1 atom stereocenters. The molecule has 1 aromatic heterocycles. The molecule has 0 spiro atoms. The van der Waals surface area contributed by atoms with Crippen LogP contribution in [0.3, 0.4) is 0 Å². The average Bonchev–Trinajstić information content (AvgIpc) is 2.65. The number of ether oxygens (including phenoxy) is 1. The lowest BCUT2D eigenvalue weighted by molar-refractivity contribution is 0.109. The minimum Gasteiger partial charge on any atom is -0.376 e. The molecule has 3 rings (SSSR count). The summed E-state index contributed by atoms with van der Waals surface area (Å²) in [4.78, 5) is 22.6. The lowest BCUT2D eigenvalue weighted by Crippen LogP contribution is -2.51. The summed E-state index contributed by atoms with van der Waals surface area (Å²) in [5.41, 5.74) is 2.63. The molecule has 0 aromatic carbocycles. The van der Waals surface area contributed by atoms with E-state index in [-0.39, 0.29) is 12.1 Å². The highest BCUT2D eigenvalue weighted by Gasteiger charge is 2.29. The molecule has 7 heteroatoms. The minimum absolute atomic E-state index is 0.00269. The summed E-state index contributed by atoms with van der Waals surface area (Å²) >= 11 is 0. The molecule has 3 heterocycles. The van der Waals surface area contributed by atoms with Gasteiger partial charge < -0.3 is 19.4 Å². The Morgan fingerprint density at radius 3 is 2.96 bits per heavy atom. The number of anilines is 1. The molecular weight excluding hydrogens is 318 g/mol. The SMILES string of the molecule is CN(C)C(=O)N(C)C1CCCN(c2nc3c(cc2C#N)COCC3)C1. The van der Waals surface area contributed by atoms with E-state index in [0.29, 0.717) is 25.3 Å². The van der Waals surface area contributed by atoms with Crippen molar-refractivity contribution in [2.45, 2.75) is 31.9 Å². The number of rotatable bonds is 2. The van der Waals surface area contributed by atoms with E-state index in [1.165, 1.54) is 0 Å². The van der Waals surface area contributed by atoms with Gasteiger partial charge in [0.1, 0.15) is 11.9 Å². The Bertz CT molecular complexity index is 697. The maximum absolute atomic E-state index is 12.3. The van der Waals surface area contributed by atoms with E-state index in [0.717, 1.165) is 42.9 Å². The van der Waals surface area contributed by atoms with E-state index in [2.05, 4.69) is 11.0 Å². The molecule has 1 aromatic rings. The minimum atomic E-state index is 0.00269. The van der Waals surface area contributed by atoms with E-state index in [4.69, 9.17) is 9.72 Å². The lowest BCUT2D eigenvalue weighted by atomic mass is 10.0. The quantitative estimate of drug-likeness (QED) is 0.816. The first-order chi connectivity index (χ1) is 12.0. The number of likely N-dealkylation sites (N-methyl/N-ethyl adjacent to an activating group) is 1. The summed E-state index contributed by atoms with van der Waals surface area (Å²) in [5.74, 6) is 0.749. The standard InChI is InChI=1S/C18H25N5O2/c1-21(2)18(24)22(3)15-5-4-7-23(11-15)17-13(10-19)9-14-12-25-8-6-16(14)20-17/h9,15H,4-8,11-12H2,1-3H3. The van der Waals surface area contributed by atoms with Gasteiger partial charge in [-0.05, 0) is 18.9 Å². The molecule has 0 N–H and O–H groups in total. The number of aromatic nitrogens is 1. The fourth-order valence-corrected chi connectivity index (χ4v) is 3.53. The predicted molar refractivity (Wildman–Crippen MR) is 94.4 cm³/mol. The Morgan fingerprint density at radius 2 is 2.24 bits per heavy atom. The first kappa shape index (κ1) is 17.5. The van der Waals surface area contributed by atoms with Crippen molar-refractivity contribution in [2.75, 3.05) is 45.7 Å². The molecule has 7 nitrogen and oxygen atoms in total. The molecule has 0 saturated carbocycles. The topological polar surface area (TPSA) is 72.7 Å². The zero-order valence-electron chi connectivity index (χ0n) is 15.2. The number of carbonyl (C=O) groups is 1. The third kappa shape index (κ3) is 3.54. The van der Waals surface area contributed by atoms with Crippen molar-refractivity contribution in [3.05, 3.63) is 22.9 Å². The third-order valence-corrected chi connectivity index (χ3v) is 4.96. The number of hydrogen-bond acceptors (Lipinski definition) is 5. The van der Waals surface area contributed by atoms with Crippen LogP contribution in [0.2, 0.25) is 0 Å². The van der Waals surface area contributed by atoms with Gasteiger partial charge in [0.25, 0.3) is 0 Å². The van der Waals surface area contributed by atoms with Gasteiger partial charge in [0, 0.05) is 46.2 Å². The first-order valence-corrected chi connectivity index (χ1v) is 8.71. The molecule has 0 aliphatic carbocycles. The molecule has 2 aliphatic heterocycles. The van der Waals surface area contributed by atoms with Gasteiger partial charge in [0.05, 0.1) is 30.5 Å². The van der Waals surface area contributed by atoms with Gasteiger partial charge in [0.15, 0.2) is 0 Å². The summed E-state index contributed by atoms with van der Waals surface area (Å²) in [6.45, 7) is 2.76. The van der Waals surface area contributed by atoms with Crippen molar-refractivity contribution in [1.29, 1.82) is 5.26 Å². The van der Waals surface area contributed by atoms with Crippen molar-refractivity contribution in [2.24, 2.45) is 0 Å². The van der Waals surface area contributed by atoms with E-state index in [1.807, 2.05) is 13.1 Å². The molecule has 1 fully saturated rings. The van der Waals surface area contributed by atoms with Crippen molar-refractivity contribution in [3.8, 4) is 6.07 Å². The van der Waals surface area contributed by atoms with E-state index in [1.54, 1.807) is 23.9 Å². The van der Waals surface area contributed by atoms with Gasteiger partial charge >= 0.3 is 6.03 Å². The van der Waals surface area contributed by atoms with Gasteiger partial charge in [-0.2, -0.15) is 5.26 Å². The van der Waals surface area contributed by atoms with Crippen molar-refractivity contribution >= 4 is 11.8 Å². The maximum atomic E-state index is 12.3. The largest absolute Gasteiger partial charge is 0.376 e. The number of urea groups is 1. The summed E-state index contributed by atoms with van der Waals surface area (Å²) in [7, 11) is 5.37. The molecule has 0 radical (unpaired) electrons. The van der Waals surface area contributed by atoms with Crippen molar-refractivity contribution in [3.63, 3.8) is 0 Å². The summed E-state index contributed by atoms with van der Waals surface area (Å²) in [6.07, 6.45) is 2.72. The van der Waals surface area contributed by atoms with Gasteiger partial charge in [0.2, 0.25) is 0 Å². The van der Waals surface area contributed by atoms with Crippen LogP contribution >= 0.6 is 0 Å². The Hall–Kier alpha value is -2.33. The van der Waals surface area contributed by atoms with Crippen LogP contribution in [0.15, 0.2) is 6.07 Å². The number of fused-ring (bicyclic) bond motifs is 1. The molecule has 0 bridgehead atoms. The highest BCUT2D eigenvalue weighted by molar-refractivity contribution is 5.74. The third-order valence-electron chi connectivity index (χ3n) is 4.96. The molecule has 134 valence electrons. The molecule has 1 saturated heterocycles. The van der Waals surface area contributed by atoms with Crippen LogP contribution in [0.25, 0.3) is 0 Å². The van der Waals surface area contributed by atoms with Gasteiger partial charge in [-0.3, -0.25) is 0 Å². The Kier molecular flexibility index (Phi) is 5.09. The second-order valence-corrected chi connectivity index (χ2v) is 6.91. The smallest absolute Gasteiger partial charge is 0.319 e. The predicted octanol–water partition coefficient (Wildman–Crippen LogP) is 1.61. The fraction of sp³-hybridized carbons (Fsp3) is 0.611. The maximum Gasteiger partial charge on any atom is 0.319 e. The van der Waals surface area contributed by atoms with Crippen LogP contribution in [-0.4, -0.2) is 67.7 Å². The lowest BCUT2D eigenvalue weighted by Gasteiger charge is -2.39. The van der Waals surface area contributed by atoms with Crippen LogP contribution in [0.4, 0.5) is 10.6 Å². The fourth-order valence-electron chi connectivity index (χ4n) is 3.53. The number of nitrogens with zero attached hydrogens (tertiary/aromatic N) is 5. The summed E-state index contributed by atoms with van der Waals surface area (Å²) < 4.78 is 5.47. The zero-order valence-corrected chi connectivity index (χ0v) is 15.2. The molecule has 2 amide bonds. The number of amides is 2. The van der Waals surface area contributed by atoms with Crippen LogP contribution in [0.5, 0.6) is 0 Å². The number of carbonyl (C=O) groups excluding carboxylic acids is 1. The molecular formula is C18H25N5O2. The van der Waals surface area contributed by atoms with E-state index >= 15 is 0 Å². The number of nitriles is 1. The summed E-state index contributed by atoms with van der Waals surface area (Å²) in [5, 5.41) is 9.56. The monoisotopic (exact) mass is 343 g/mol. The second-order valence-electron chi connectivity index (χ2n) is 6.91. The number of piperidine rings is 1. The first-order valence-electron chi connectivity index (χ1n) is 8.71. The van der Waals surface area contributed by atoms with Crippen molar-refractivity contribution in [1.82, 2.24) is 14.8 Å². The van der Waals surface area contributed by atoms with Crippen LogP contribution < -0.4 is 4.90 Å². The highest BCUT2D eigenvalue weighted by Crippen LogP contribution is 2.27. The number of hydrogen-bond donors (Lipinski definition) is 0. The Morgan fingerprint density at radius 1 is 1.44 bits per heavy atom. The van der Waals surface area contributed by atoms with Gasteiger partial charge in [-0.15, -0.1) is 0 Å². The molecule has 25 heavy (non-hydrogen) atoms. The second kappa shape index (κ2) is 7.28. The Labute approximate surface area is 148 Å². The zero-order chi connectivity index (χ0) is 18.0. The van der Waals surface area contributed by atoms with Crippen LogP contribution in [0.1, 0.15) is 29.7 Å². The average molecular weight is 343 g/mol. The van der Waals surface area contributed by atoms with E-state index in [9.17, 15) is 10.1 Å².